The van der Waals surface area contributed by atoms with E-state index < -0.39 is 0 Å². The Morgan fingerprint density at radius 1 is 1.29 bits per heavy atom. The molecule has 1 heterocycles. The summed E-state index contributed by atoms with van der Waals surface area (Å²) in [4.78, 5) is 13.5. The summed E-state index contributed by atoms with van der Waals surface area (Å²) in [5.74, 6) is 0.516. The van der Waals surface area contributed by atoms with E-state index in [0.29, 0.717) is 17.0 Å². The number of carbonyl (C=O) groups is 1. The fourth-order valence-corrected chi connectivity index (χ4v) is 2.65. The van der Waals surface area contributed by atoms with Crippen molar-refractivity contribution in [2.75, 3.05) is 19.8 Å². The zero-order chi connectivity index (χ0) is 15.6. The number of hydrogen-bond acceptors (Lipinski definition) is 4. The first-order valence-electron chi connectivity index (χ1n) is 7.30. The zero-order valence-corrected chi connectivity index (χ0v) is 13.1. The van der Waals surface area contributed by atoms with E-state index in [0.717, 1.165) is 12.8 Å². The molecule has 0 spiro atoms. The second kappa shape index (κ2) is 6.35. The van der Waals surface area contributed by atoms with Gasteiger partial charge in [0.1, 0.15) is 11.9 Å². The maximum Gasteiger partial charge on any atom is 0.253 e. The summed E-state index contributed by atoms with van der Waals surface area (Å²) in [5, 5.41) is 0. The SMILES string of the molecule is CC1CC(Oc2cc(C(=O)N(C)C)ccc2N)CC(C)O1. The van der Waals surface area contributed by atoms with Gasteiger partial charge in [0, 0.05) is 32.5 Å². The summed E-state index contributed by atoms with van der Waals surface area (Å²) in [6, 6.07) is 5.17. The molecule has 2 N–H and O–H groups in total. The summed E-state index contributed by atoms with van der Waals surface area (Å²) in [6.45, 7) is 4.09. The molecule has 0 radical (unpaired) electrons. The molecule has 1 aliphatic rings. The van der Waals surface area contributed by atoms with E-state index in [2.05, 4.69) is 0 Å². The number of ether oxygens (including phenoxy) is 2. The van der Waals surface area contributed by atoms with Crippen LogP contribution in [0.2, 0.25) is 0 Å². The Morgan fingerprint density at radius 2 is 1.90 bits per heavy atom. The van der Waals surface area contributed by atoms with Gasteiger partial charge in [-0.3, -0.25) is 4.79 Å². The molecule has 5 nitrogen and oxygen atoms in total. The molecule has 5 heteroatoms. The Kier molecular flexibility index (Phi) is 4.73. The molecule has 1 aromatic carbocycles. The molecule has 0 aromatic heterocycles. The molecule has 1 amide bonds. The van der Waals surface area contributed by atoms with E-state index in [-0.39, 0.29) is 24.2 Å². The van der Waals surface area contributed by atoms with Crippen molar-refractivity contribution >= 4 is 11.6 Å². The van der Waals surface area contributed by atoms with Crippen molar-refractivity contribution < 1.29 is 14.3 Å². The summed E-state index contributed by atoms with van der Waals surface area (Å²) >= 11 is 0. The highest BCUT2D eigenvalue weighted by molar-refractivity contribution is 5.94. The molecule has 21 heavy (non-hydrogen) atoms. The average molecular weight is 292 g/mol. The number of hydrogen-bond donors (Lipinski definition) is 1. The molecule has 116 valence electrons. The Balaban J connectivity index is 2.15. The lowest BCUT2D eigenvalue weighted by molar-refractivity contribution is -0.0720. The highest BCUT2D eigenvalue weighted by Gasteiger charge is 2.26. The number of carbonyl (C=O) groups excluding carboxylic acids is 1. The fraction of sp³-hybridized carbons (Fsp3) is 0.562. The van der Waals surface area contributed by atoms with Gasteiger partial charge in [-0.2, -0.15) is 0 Å². The van der Waals surface area contributed by atoms with Gasteiger partial charge in [0.15, 0.2) is 0 Å². The Hall–Kier alpha value is -1.75. The number of nitrogens with zero attached hydrogens (tertiary/aromatic N) is 1. The van der Waals surface area contributed by atoms with Crippen LogP contribution in [0.1, 0.15) is 37.0 Å². The number of benzene rings is 1. The lowest BCUT2D eigenvalue weighted by Gasteiger charge is -2.32. The molecule has 2 atom stereocenters. The van der Waals surface area contributed by atoms with E-state index in [1.165, 1.54) is 4.90 Å². The quantitative estimate of drug-likeness (QED) is 0.868. The fourth-order valence-electron chi connectivity index (χ4n) is 2.65. The molecule has 1 aromatic rings. The summed E-state index contributed by atoms with van der Waals surface area (Å²) < 4.78 is 11.7. The summed E-state index contributed by atoms with van der Waals surface area (Å²) in [6.07, 6.45) is 2.07. The normalized spacial score (nSPS) is 25.4. The first kappa shape index (κ1) is 15.6. The number of amides is 1. The maximum atomic E-state index is 12.0. The van der Waals surface area contributed by atoms with Crippen molar-refractivity contribution in [3.05, 3.63) is 23.8 Å². The lowest BCUT2D eigenvalue weighted by Crippen LogP contribution is -2.35. The Labute approximate surface area is 126 Å². The minimum atomic E-state index is -0.0615. The second-order valence-electron chi connectivity index (χ2n) is 5.92. The summed E-state index contributed by atoms with van der Waals surface area (Å²) in [7, 11) is 3.45. The average Bonchev–Trinajstić information content (AvgIpc) is 2.39. The molecule has 0 bridgehead atoms. The van der Waals surface area contributed by atoms with Gasteiger partial charge in [-0.05, 0) is 32.0 Å². The number of nitrogen functional groups attached to an aromatic ring is 1. The minimum Gasteiger partial charge on any atom is -0.488 e. The molecule has 2 rings (SSSR count). The van der Waals surface area contributed by atoms with Crippen LogP contribution in [0.15, 0.2) is 18.2 Å². The smallest absolute Gasteiger partial charge is 0.253 e. The Morgan fingerprint density at radius 3 is 2.48 bits per heavy atom. The van der Waals surface area contributed by atoms with Crippen LogP contribution in [-0.4, -0.2) is 43.2 Å². The highest BCUT2D eigenvalue weighted by atomic mass is 16.5. The largest absolute Gasteiger partial charge is 0.488 e. The Bertz CT molecular complexity index is 506. The third-order valence-electron chi connectivity index (χ3n) is 3.61. The topological polar surface area (TPSA) is 64.8 Å². The van der Waals surface area contributed by atoms with Crippen LogP contribution in [0.3, 0.4) is 0 Å². The van der Waals surface area contributed by atoms with Crippen LogP contribution in [0.25, 0.3) is 0 Å². The minimum absolute atomic E-state index is 0.0615. The monoisotopic (exact) mass is 292 g/mol. The zero-order valence-electron chi connectivity index (χ0n) is 13.1. The molecule has 0 aliphatic carbocycles. The third kappa shape index (κ3) is 3.88. The van der Waals surface area contributed by atoms with Crippen molar-refractivity contribution in [2.45, 2.75) is 45.0 Å². The summed E-state index contributed by atoms with van der Waals surface area (Å²) in [5.41, 5.74) is 7.10. The number of anilines is 1. The lowest BCUT2D eigenvalue weighted by atomic mass is 10.0. The number of nitrogens with two attached hydrogens (primary N) is 1. The van der Waals surface area contributed by atoms with Crippen molar-refractivity contribution in [3.63, 3.8) is 0 Å². The predicted molar refractivity (Wildman–Crippen MR) is 82.5 cm³/mol. The van der Waals surface area contributed by atoms with E-state index in [1.807, 2.05) is 13.8 Å². The first-order valence-corrected chi connectivity index (χ1v) is 7.30. The van der Waals surface area contributed by atoms with Crippen LogP contribution >= 0.6 is 0 Å². The van der Waals surface area contributed by atoms with E-state index in [4.69, 9.17) is 15.2 Å². The first-order chi connectivity index (χ1) is 9.86. The van der Waals surface area contributed by atoms with Crippen LogP contribution in [0, 0.1) is 0 Å². The number of rotatable bonds is 3. The molecular formula is C16H24N2O3. The van der Waals surface area contributed by atoms with Gasteiger partial charge < -0.3 is 20.1 Å². The van der Waals surface area contributed by atoms with Gasteiger partial charge >= 0.3 is 0 Å². The van der Waals surface area contributed by atoms with Gasteiger partial charge in [0.2, 0.25) is 0 Å². The van der Waals surface area contributed by atoms with Gasteiger partial charge in [-0.15, -0.1) is 0 Å². The second-order valence-corrected chi connectivity index (χ2v) is 5.92. The maximum absolute atomic E-state index is 12.0. The predicted octanol–water partition coefficient (Wildman–Crippen LogP) is 2.31. The van der Waals surface area contributed by atoms with Crippen molar-refractivity contribution in [1.29, 1.82) is 0 Å². The molecule has 2 unspecified atom stereocenters. The molecule has 0 saturated carbocycles. The molecule has 1 saturated heterocycles. The van der Waals surface area contributed by atoms with Crippen LogP contribution in [0.5, 0.6) is 5.75 Å². The highest BCUT2D eigenvalue weighted by Crippen LogP contribution is 2.29. The third-order valence-corrected chi connectivity index (χ3v) is 3.61. The van der Waals surface area contributed by atoms with Crippen LogP contribution in [-0.2, 0) is 4.74 Å². The van der Waals surface area contributed by atoms with Crippen LogP contribution < -0.4 is 10.5 Å². The van der Waals surface area contributed by atoms with E-state index >= 15 is 0 Å². The van der Waals surface area contributed by atoms with Crippen molar-refractivity contribution in [2.24, 2.45) is 0 Å². The van der Waals surface area contributed by atoms with Gasteiger partial charge in [0.25, 0.3) is 5.91 Å². The van der Waals surface area contributed by atoms with E-state index in [1.54, 1.807) is 32.3 Å². The molecular weight excluding hydrogens is 268 g/mol. The van der Waals surface area contributed by atoms with E-state index in [9.17, 15) is 4.79 Å². The van der Waals surface area contributed by atoms with Crippen LogP contribution in [0.4, 0.5) is 5.69 Å². The molecule has 1 aliphatic heterocycles. The van der Waals surface area contributed by atoms with Crippen molar-refractivity contribution in [3.8, 4) is 5.75 Å². The van der Waals surface area contributed by atoms with Gasteiger partial charge in [0.05, 0.1) is 17.9 Å². The van der Waals surface area contributed by atoms with Gasteiger partial charge in [-0.25, -0.2) is 0 Å². The standard InChI is InChI=1S/C16H24N2O3/c1-10-7-13(8-11(2)20-10)21-15-9-12(5-6-14(15)17)16(19)18(3)4/h5-6,9-11,13H,7-8,17H2,1-4H3. The van der Waals surface area contributed by atoms with Crippen molar-refractivity contribution in [1.82, 2.24) is 4.90 Å². The molecule has 1 fully saturated rings. The van der Waals surface area contributed by atoms with Gasteiger partial charge in [-0.1, -0.05) is 0 Å².